The fourth-order valence-corrected chi connectivity index (χ4v) is 4.57. The molecule has 0 aliphatic carbocycles. The van der Waals surface area contributed by atoms with E-state index in [0.717, 1.165) is 22.2 Å². The number of benzene rings is 2. The molecular formula is C22H18N2O3S2. The van der Waals surface area contributed by atoms with Gasteiger partial charge in [-0.15, -0.1) is 0 Å². The minimum atomic E-state index is -0.296. The summed E-state index contributed by atoms with van der Waals surface area (Å²) in [5.41, 5.74) is 2.52. The van der Waals surface area contributed by atoms with Gasteiger partial charge in [0, 0.05) is 22.7 Å². The van der Waals surface area contributed by atoms with Crippen molar-refractivity contribution in [1.82, 2.24) is 4.57 Å². The Balaban J connectivity index is 1.70. The van der Waals surface area contributed by atoms with E-state index in [0.29, 0.717) is 15.8 Å². The van der Waals surface area contributed by atoms with E-state index in [1.54, 1.807) is 11.8 Å². The number of fused-ring (bicyclic) bond motifs is 1. The summed E-state index contributed by atoms with van der Waals surface area (Å²) in [7, 11) is 0. The number of nitrogens with zero attached hydrogens (tertiary/aromatic N) is 2. The molecule has 0 N–H and O–H groups in total. The summed E-state index contributed by atoms with van der Waals surface area (Å²) in [5, 5.41) is 0.960. The lowest BCUT2D eigenvalue weighted by Gasteiger charge is -2.13. The Bertz CT molecular complexity index is 1140. The average Bonchev–Trinajstić information content (AvgIpc) is 3.20. The number of thioether (sulfide) groups is 1. The predicted molar refractivity (Wildman–Crippen MR) is 121 cm³/mol. The van der Waals surface area contributed by atoms with E-state index in [1.165, 1.54) is 11.8 Å². The van der Waals surface area contributed by atoms with Gasteiger partial charge < -0.3 is 9.30 Å². The highest BCUT2D eigenvalue weighted by atomic mass is 32.2. The summed E-state index contributed by atoms with van der Waals surface area (Å²) in [4.78, 5) is 27.1. The summed E-state index contributed by atoms with van der Waals surface area (Å²) in [5.74, 6) is -0.441. The van der Waals surface area contributed by atoms with Crippen molar-refractivity contribution in [2.75, 3.05) is 11.5 Å². The molecule has 0 atom stereocenters. The lowest BCUT2D eigenvalue weighted by Crippen LogP contribution is -2.27. The smallest absolute Gasteiger partial charge is 0.325 e. The van der Waals surface area contributed by atoms with Crippen molar-refractivity contribution in [2.45, 2.75) is 13.5 Å². The first-order valence-corrected chi connectivity index (χ1v) is 10.4. The molecule has 146 valence electrons. The second kappa shape index (κ2) is 8.23. The Labute approximate surface area is 177 Å². The first-order chi connectivity index (χ1) is 14.1. The standard InChI is InChI=1S/C22H18N2O3S2/c1-2-27-20(25)14-23-13-15(17-10-6-7-11-18(17)23)12-19-21(26)24(22(28)29-19)16-8-4-3-5-9-16/h3-13H,2,14H2,1H3/b19-12+. The molecule has 7 heteroatoms. The van der Waals surface area contributed by atoms with Gasteiger partial charge in [-0.05, 0) is 31.2 Å². The fourth-order valence-electron chi connectivity index (χ4n) is 3.28. The van der Waals surface area contributed by atoms with E-state index in [4.69, 9.17) is 17.0 Å². The van der Waals surface area contributed by atoms with Crippen molar-refractivity contribution in [3.05, 3.63) is 71.3 Å². The maximum absolute atomic E-state index is 13.0. The number of hydrogen-bond donors (Lipinski definition) is 0. The molecule has 2 heterocycles. The van der Waals surface area contributed by atoms with Gasteiger partial charge in [0.25, 0.3) is 5.91 Å². The highest BCUT2D eigenvalue weighted by molar-refractivity contribution is 8.27. The van der Waals surface area contributed by atoms with Gasteiger partial charge in [0.1, 0.15) is 6.54 Å². The number of rotatable bonds is 5. The first-order valence-electron chi connectivity index (χ1n) is 9.15. The molecule has 2 aromatic carbocycles. The highest BCUT2D eigenvalue weighted by Crippen LogP contribution is 2.37. The van der Waals surface area contributed by atoms with Crippen LogP contribution in [0.15, 0.2) is 65.7 Å². The molecule has 1 aliphatic heterocycles. The number of amides is 1. The number of anilines is 1. The third kappa shape index (κ3) is 3.83. The van der Waals surface area contributed by atoms with Gasteiger partial charge in [-0.25, -0.2) is 0 Å². The van der Waals surface area contributed by atoms with E-state index in [-0.39, 0.29) is 18.4 Å². The number of hydrogen-bond acceptors (Lipinski definition) is 5. The minimum absolute atomic E-state index is 0.118. The summed E-state index contributed by atoms with van der Waals surface area (Å²) in [6.45, 7) is 2.24. The van der Waals surface area contributed by atoms with Gasteiger partial charge in [-0.3, -0.25) is 14.5 Å². The van der Waals surface area contributed by atoms with Crippen LogP contribution in [0.1, 0.15) is 12.5 Å². The third-order valence-electron chi connectivity index (χ3n) is 4.52. The van der Waals surface area contributed by atoms with Crippen molar-refractivity contribution < 1.29 is 14.3 Å². The number of ether oxygens (including phenoxy) is 1. The van der Waals surface area contributed by atoms with Gasteiger partial charge >= 0.3 is 5.97 Å². The molecular weight excluding hydrogens is 404 g/mol. The maximum Gasteiger partial charge on any atom is 0.325 e. The minimum Gasteiger partial charge on any atom is -0.465 e. The van der Waals surface area contributed by atoms with Crippen LogP contribution in [0.5, 0.6) is 0 Å². The van der Waals surface area contributed by atoms with Crippen molar-refractivity contribution in [2.24, 2.45) is 0 Å². The molecule has 4 rings (SSSR count). The Hall–Kier alpha value is -2.90. The molecule has 29 heavy (non-hydrogen) atoms. The Morgan fingerprint density at radius 2 is 1.86 bits per heavy atom. The number of para-hydroxylation sites is 2. The molecule has 1 saturated heterocycles. The molecule has 0 saturated carbocycles. The highest BCUT2D eigenvalue weighted by Gasteiger charge is 2.33. The largest absolute Gasteiger partial charge is 0.465 e. The molecule has 1 aromatic heterocycles. The van der Waals surface area contributed by atoms with Gasteiger partial charge in [-0.2, -0.15) is 0 Å². The van der Waals surface area contributed by atoms with Crippen LogP contribution < -0.4 is 4.90 Å². The van der Waals surface area contributed by atoms with E-state index in [9.17, 15) is 9.59 Å². The van der Waals surface area contributed by atoms with Crippen molar-refractivity contribution in [1.29, 1.82) is 0 Å². The van der Waals surface area contributed by atoms with Crippen LogP contribution in [0.2, 0.25) is 0 Å². The van der Waals surface area contributed by atoms with Gasteiger partial charge in [0.2, 0.25) is 0 Å². The molecule has 0 spiro atoms. The Kier molecular flexibility index (Phi) is 5.51. The number of carbonyl (C=O) groups is 2. The molecule has 3 aromatic rings. The second-order valence-corrected chi connectivity index (χ2v) is 8.06. The first kappa shape index (κ1) is 19.4. The Morgan fingerprint density at radius 3 is 2.62 bits per heavy atom. The molecule has 1 fully saturated rings. The van der Waals surface area contributed by atoms with Crippen LogP contribution >= 0.6 is 24.0 Å². The molecule has 1 aliphatic rings. The normalized spacial score (nSPS) is 15.5. The average molecular weight is 423 g/mol. The number of esters is 1. The van der Waals surface area contributed by atoms with E-state index in [2.05, 4.69) is 0 Å². The van der Waals surface area contributed by atoms with Crippen LogP contribution in [0.3, 0.4) is 0 Å². The quantitative estimate of drug-likeness (QED) is 0.341. The molecule has 5 nitrogen and oxygen atoms in total. The monoisotopic (exact) mass is 422 g/mol. The summed E-state index contributed by atoms with van der Waals surface area (Å²) in [6.07, 6.45) is 3.71. The molecule has 0 unspecified atom stereocenters. The summed E-state index contributed by atoms with van der Waals surface area (Å²) in [6, 6.07) is 17.1. The van der Waals surface area contributed by atoms with E-state index < -0.39 is 0 Å². The van der Waals surface area contributed by atoms with Gasteiger partial charge in [0.05, 0.1) is 17.2 Å². The van der Waals surface area contributed by atoms with Gasteiger partial charge in [0.15, 0.2) is 4.32 Å². The predicted octanol–water partition coefficient (Wildman–Crippen LogP) is 4.61. The SMILES string of the molecule is CCOC(=O)Cn1cc(/C=C2/SC(=S)N(c3ccccc3)C2=O)c2ccccc21. The number of aromatic nitrogens is 1. The van der Waals surface area contributed by atoms with Crippen LogP contribution in [-0.2, 0) is 20.9 Å². The number of carbonyl (C=O) groups excluding carboxylic acids is 2. The zero-order valence-electron chi connectivity index (χ0n) is 15.7. The van der Waals surface area contributed by atoms with Crippen LogP contribution in [0, 0.1) is 0 Å². The zero-order chi connectivity index (χ0) is 20.4. The van der Waals surface area contributed by atoms with Crippen LogP contribution in [-0.4, -0.2) is 27.4 Å². The Morgan fingerprint density at radius 1 is 1.14 bits per heavy atom. The molecule has 1 amide bonds. The summed E-state index contributed by atoms with van der Waals surface area (Å²) < 4.78 is 7.42. The lowest BCUT2D eigenvalue weighted by atomic mass is 10.1. The van der Waals surface area contributed by atoms with Crippen molar-refractivity contribution >= 4 is 62.8 Å². The van der Waals surface area contributed by atoms with Crippen LogP contribution in [0.25, 0.3) is 17.0 Å². The van der Waals surface area contributed by atoms with Gasteiger partial charge in [-0.1, -0.05) is 60.4 Å². The van der Waals surface area contributed by atoms with Crippen molar-refractivity contribution in [3.63, 3.8) is 0 Å². The zero-order valence-corrected chi connectivity index (χ0v) is 17.3. The van der Waals surface area contributed by atoms with E-state index in [1.807, 2.05) is 71.4 Å². The summed E-state index contributed by atoms with van der Waals surface area (Å²) >= 11 is 6.72. The fraction of sp³-hybridized carbons (Fsp3) is 0.136. The molecule has 0 radical (unpaired) electrons. The maximum atomic E-state index is 13.0. The topological polar surface area (TPSA) is 51.5 Å². The van der Waals surface area contributed by atoms with Crippen LogP contribution in [0.4, 0.5) is 5.69 Å². The molecule has 0 bridgehead atoms. The van der Waals surface area contributed by atoms with Crippen molar-refractivity contribution in [3.8, 4) is 0 Å². The third-order valence-corrected chi connectivity index (χ3v) is 5.82. The van der Waals surface area contributed by atoms with E-state index >= 15 is 0 Å². The lowest BCUT2D eigenvalue weighted by molar-refractivity contribution is -0.143. The second-order valence-electron chi connectivity index (χ2n) is 6.39. The number of thiocarbonyl (C=S) groups is 1.